The van der Waals surface area contributed by atoms with Gasteiger partial charge in [0.1, 0.15) is 5.82 Å². The molecule has 3 aromatic carbocycles. The summed E-state index contributed by atoms with van der Waals surface area (Å²) in [5.74, 6) is -0.532. The number of H-pyrrole nitrogens is 2. The number of hydrogen-bond donors (Lipinski definition) is 3. The summed E-state index contributed by atoms with van der Waals surface area (Å²) in [6.07, 6.45) is 0. The average Bonchev–Trinajstić information content (AvgIpc) is 2.74. The molecule has 0 radical (unpaired) electrons. The number of fused-ring (bicyclic) bond motifs is 1. The maximum absolute atomic E-state index is 14.4. The van der Waals surface area contributed by atoms with E-state index in [0.717, 1.165) is 28.8 Å². The molecule has 0 aliphatic rings. The molecular formula is C22H18ClFN4O2S. The number of benzene rings is 3. The van der Waals surface area contributed by atoms with Gasteiger partial charge >= 0.3 is 11.1 Å². The second-order valence-electron chi connectivity index (χ2n) is 7.08. The predicted octanol–water partition coefficient (Wildman–Crippen LogP) is 4.86. The molecule has 0 bridgehead atoms. The summed E-state index contributed by atoms with van der Waals surface area (Å²) in [7, 11) is 3.95. The quantitative estimate of drug-likeness (QED) is 0.295. The van der Waals surface area contributed by atoms with Gasteiger partial charge in [0.25, 0.3) is 0 Å². The molecule has 0 amide bonds. The van der Waals surface area contributed by atoms with Crippen LogP contribution in [0.3, 0.4) is 0 Å². The molecule has 31 heavy (non-hydrogen) atoms. The van der Waals surface area contributed by atoms with Crippen LogP contribution >= 0.6 is 23.5 Å². The zero-order valence-corrected chi connectivity index (χ0v) is 18.2. The lowest BCUT2D eigenvalue weighted by Gasteiger charge is -2.15. The van der Waals surface area contributed by atoms with E-state index < -0.39 is 16.9 Å². The Bertz CT molecular complexity index is 1400. The fourth-order valence-corrected chi connectivity index (χ4v) is 4.05. The maximum atomic E-state index is 14.4. The smallest absolute Gasteiger partial charge is 0.314 e. The van der Waals surface area contributed by atoms with Crippen LogP contribution in [0.5, 0.6) is 0 Å². The summed E-state index contributed by atoms with van der Waals surface area (Å²) in [6, 6.07) is 16.2. The van der Waals surface area contributed by atoms with Gasteiger partial charge in [-0.25, -0.2) is 4.39 Å². The third-order valence-electron chi connectivity index (χ3n) is 4.70. The van der Waals surface area contributed by atoms with Gasteiger partial charge in [-0.1, -0.05) is 29.8 Å². The van der Waals surface area contributed by atoms with Crippen molar-refractivity contribution in [3.05, 3.63) is 86.1 Å². The van der Waals surface area contributed by atoms with E-state index in [0.29, 0.717) is 16.2 Å². The Hall–Kier alpha value is -3.23. The van der Waals surface area contributed by atoms with Gasteiger partial charge < -0.3 is 19.6 Å². The standard InChI is InChI=1S/C22H18ClFN4O2S/c1-28(2)14-5-3-4-12(8-14)15-7-6-13(9-16(15)23)27-31-20-11-19-18(10-17(20)24)25-21(29)22(30)26-19/h3-11,27H,1-2H3,(H,25,29)(H,26,30). The van der Waals surface area contributed by atoms with Crippen molar-refractivity contribution in [2.45, 2.75) is 4.90 Å². The Morgan fingerprint density at radius 2 is 1.68 bits per heavy atom. The van der Waals surface area contributed by atoms with Gasteiger partial charge in [0.15, 0.2) is 0 Å². The molecule has 0 saturated heterocycles. The van der Waals surface area contributed by atoms with Gasteiger partial charge in [-0.2, -0.15) is 0 Å². The van der Waals surface area contributed by atoms with Crippen molar-refractivity contribution in [3.8, 4) is 11.1 Å². The Morgan fingerprint density at radius 1 is 0.968 bits per heavy atom. The molecule has 6 nitrogen and oxygen atoms in total. The van der Waals surface area contributed by atoms with Crippen LogP contribution < -0.4 is 20.7 Å². The molecule has 4 aromatic rings. The average molecular weight is 457 g/mol. The number of aromatic nitrogens is 2. The van der Waals surface area contributed by atoms with E-state index in [1.807, 2.05) is 49.3 Å². The lowest BCUT2D eigenvalue weighted by atomic mass is 10.0. The van der Waals surface area contributed by atoms with Crippen molar-refractivity contribution in [1.29, 1.82) is 0 Å². The first-order valence-electron chi connectivity index (χ1n) is 9.28. The number of nitrogens with one attached hydrogen (secondary N) is 3. The van der Waals surface area contributed by atoms with Crippen LogP contribution in [0.25, 0.3) is 22.2 Å². The lowest BCUT2D eigenvalue weighted by Crippen LogP contribution is -2.28. The van der Waals surface area contributed by atoms with Gasteiger partial charge in [0.2, 0.25) is 0 Å². The van der Waals surface area contributed by atoms with Crippen LogP contribution in [0.1, 0.15) is 0 Å². The normalized spacial score (nSPS) is 11.0. The van der Waals surface area contributed by atoms with Gasteiger partial charge in [-0.05, 0) is 47.8 Å². The van der Waals surface area contributed by atoms with Crippen molar-refractivity contribution in [1.82, 2.24) is 9.97 Å². The third-order valence-corrected chi connectivity index (χ3v) is 5.88. The Morgan fingerprint density at radius 3 is 2.35 bits per heavy atom. The number of halogens is 2. The van der Waals surface area contributed by atoms with E-state index >= 15 is 0 Å². The second kappa shape index (κ2) is 8.49. The summed E-state index contributed by atoms with van der Waals surface area (Å²) >= 11 is 7.55. The molecule has 0 aliphatic carbocycles. The first kappa shape index (κ1) is 21.0. The molecule has 1 heterocycles. The van der Waals surface area contributed by atoms with E-state index in [4.69, 9.17) is 11.6 Å². The monoisotopic (exact) mass is 456 g/mol. The number of hydrogen-bond acceptors (Lipinski definition) is 5. The summed E-state index contributed by atoms with van der Waals surface area (Å²) in [4.78, 5) is 30.0. The number of nitrogens with zero attached hydrogens (tertiary/aromatic N) is 1. The van der Waals surface area contributed by atoms with Crippen LogP contribution in [0, 0.1) is 5.82 Å². The van der Waals surface area contributed by atoms with Gasteiger partial charge in [0, 0.05) is 37.1 Å². The maximum Gasteiger partial charge on any atom is 0.314 e. The largest absolute Gasteiger partial charge is 0.378 e. The van der Waals surface area contributed by atoms with E-state index in [1.54, 1.807) is 6.07 Å². The molecule has 0 saturated carbocycles. The molecule has 3 N–H and O–H groups in total. The fourth-order valence-electron chi connectivity index (χ4n) is 3.07. The zero-order chi connectivity index (χ0) is 22.1. The van der Waals surface area contributed by atoms with Gasteiger partial charge in [-0.3, -0.25) is 9.59 Å². The SMILES string of the molecule is CN(C)c1cccc(-c2ccc(NSc3cc4[nH]c(=O)c(=O)[nH]c4cc3F)cc2Cl)c1. The highest BCUT2D eigenvalue weighted by Gasteiger charge is 2.10. The van der Waals surface area contributed by atoms with Crippen LogP contribution in [-0.4, -0.2) is 24.1 Å². The van der Waals surface area contributed by atoms with Crippen molar-refractivity contribution < 1.29 is 4.39 Å². The minimum atomic E-state index is -0.823. The van der Waals surface area contributed by atoms with E-state index in [9.17, 15) is 14.0 Å². The first-order valence-corrected chi connectivity index (χ1v) is 10.5. The molecular weight excluding hydrogens is 439 g/mol. The van der Waals surface area contributed by atoms with Crippen molar-refractivity contribution in [2.24, 2.45) is 0 Å². The van der Waals surface area contributed by atoms with Crippen LogP contribution in [0.4, 0.5) is 15.8 Å². The molecule has 0 aliphatic heterocycles. The van der Waals surface area contributed by atoms with Crippen molar-refractivity contribution >= 4 is 46.0 Å². The highest BCUT2D eigenvalue weighted by Crippen LogP contribution is 2.34. The number of rotatable bonds is 5. The third kappa shape index (κ3) is 4.45. The van der Waals surface area contributed by atoms with E-state index in [1.165, 1.54) is 12.1 Å². The predicted molar refractivity (Wildman–Crippen MR) is 126 cm³/mol. The van der Waals surface area contributed by atoms with Crippen LogP contribution in [0.2, 0.25) is 5.02 Å². The molecule has 0 fully saturated rings. The fraction of sp³-hybridized carbons (Fsp3) is 0.0909. The minimum Gasteiger partial charge on any atom is -0.378 e. The topological polar surface area (TPSA) is 81.0 Å². The Kier molecular flexibility index (Phi) is 5.75. The van der Waals surface area contributed by atoms with Gasteiger partial charge in [-0.15, -0.1) is 0 Å². The van der Waals surface area contributed by atoms with Crippen molar-refractivity contribution in [3.63, 3.8) is 0 Å². The number of aromatic amines is 2. The molecule has 0 spiro atoms. The molecule has 1 aromatic heterocycles. The van der Waals surface area contributed by atoms with Gasteiger partial charge in [0.05, 0.1) is 21.0 Å². The van der Waals surface area contributed by atoms with Crippen LogP contribution in [-0.2, 0) is 0 Å². The first-order chi connectivity index (χ1) is 14.8. The molecule has 0 unspecified atom stereocenters. The molecule has 4 rings (SSSR count). The highest BCUT2D eigenvalue weighted by molar-refractivity contribution is 8.00. The summed E-state index contributed by atoms with van der Waals surface area (Å²) in [5, 5.41) is 0.558. The van der Waals surface area contributed by atoms with Crippen molar-refractivity contribution in [2.75, 3.05) is 23.7 Å². The Balaban J connectivity index is 1.57. The molecule has 0 atom stereocenters. The highest BCUT2D eigenvalue weighted by atomic mass is 35.5. The molecule has 9 heteroatoms. The van der Waals surface area contributed by atoms with E-state index in [-0.39, 0.29) is 10.4 Å². The zero-order valence-electron chi connectivity index (χ0n) is 16.6. The summed E-state index contributed by atoms with van der Waals surface area (Å²) < 4.78 is 17.5. The minimum absolute atomic E-state index is 0.221. The molecule has 158 valence electrons. The summed E-state index contributed by atoms with van der Waals surface area (Å²) in [5.41, 5.74) is 2.59. The summed E-state index contributed by atoms with van der Waals surface area (Å²) in [6.45, 7) is 0. The second-order valence-corrected chi connectivity index (χ2v) is 8.34. The number of anilines is 2. The lowest BCUT2D eigenvalue weighted by molar-refractivity contribution is 0.604. The van der Waals surface area contributed by atoms with E-state index in [2.05, 4.69) is 20.8 Å². The van der Waals surface area contributed by atoms with Crippen LogP contribution in [0.15, 0.2) is 69.1 Å². The Labute approximate surface area is 186 Å².